The highest BCUT2D eigenvalue weighted by molar-refractivity contribution is 14.2. The van der Waals surface area contributed by atoms with Gasteiger partial charge in [-0.05, 0) is 79.8 Å². The summed E-state index contributed by atoms with van der Waals surface area (Å²) in [5.74, 6) is -0.562. The van der Waals surface area contributed by atoms with Gasteiger partial charge in [0.05, 0.1) is 30.9 Å². The Balaban J connectivity index is 1.83. The Morgan fingerprint density at radius 3 is 2.65 bits per heavy atom. The molecule has 1 atom stereocenters. The van der Waals surface area contributed by atoms with Crippen molar-refractivity contribution in [1.29, 1.82) is 0 Å². The van der Waals surface area contributed by atoms with Crippen LogP contribution in [0.5, 0.6) is 0 Å². The number of nitrogens with zero attached hydrogens (tertiary/aromatic N) is 2. The molecule has 2 rings (SSSR count). The number of unbranched alkanes of at least 4 members (excludes halogenated alkanes) is 1. The number of halogens is 1. The van der Waals surface area contributed by atoms with E-state index < -0.39 is 11.7 Å². The first-order chi connectivity index (χ1) is 16.1. The van der Waals surface area contributed by atoms with Crippen LogP contribution in [-0.2, 0) is 30.2 Å². The number of hydrogen-bond acceptors (Lipinski definition) is 7. The van der Waals surface area contributed by atoms with Crippen LogP contribution < -0.4 is 10.6 Å². The van der Waals surface area contributed by atoms with Crippen molar-refractivity contribution in [2.24, 2.45) is 0 Å². The molecule has 1 heterocycles. The van der Waals surface area contributed by atoms with Crippen LogP contribution in [0.2, 0.25) is 0 Å². The number of nitrogens with one attached hydrogen (secondary N) is 2. The number of methoxy groups -OCH3 is 1. The lowest BCUT2D eigenvalue weighted by atomic mass is 10.1. The van der Waals surface area contributed by atoms with E-state index >= 15 is 0 Å². The van der Waals surface area contributed by atoms with E-state index in [1.165, 1.54) is 7.11 Å². The maximum atomic E-state index is 12.5. The zero-order valence-corrected chi connectivity index (χ0v) is 23.1. The van der Waals surface area contributed by atoms with Gasteiger partial charge in [-0.25, -0.2) is 9.25 Å². The van der Waals surface area contributed by atoms with Crippen molar-refractivity contribution in [1.82, 2.24) is 14.9 Å². The summed E-state index contributed by atoms with van der Waals surface area (Å²) in [5, 5.41) is 10.8. The molecule has 0 aliphatic heterocycles. The van der Waals surface area contributed by atoms with E-state index in [9.17, 15) is 14.4 Å². The first kappa shape index (κ1) is 28.3. The third-order valence-electron chi connectivity index (χ3n) is 4.56. The lowest BCUT2D eigenvalue weighted by molar-refractivity contribution is -0.140. The van der Waals surface area contributed by atoms with Gasteiger partial charge in [0.2, 0.25) is 5.91 Å². The minimum absolute atomic E-state index is 0.0878. The van der Waals surface area contributed by atoms with E-state index in [2.05, 4.69) is 37.8 Å². The van der Waals surface area contributed by atoms with E-state index in [0.717, 1.165) is 16.5 Å². The van der Waals surface area contributed by atoms with Crippen molar-refractivity contribution in [2.45, 2.75) is 52.1 Å². The molecule has 188 valence electrons. The zero-order chi connectivity index (χ0) is 25.1. The Morgan fingerprint density at radius 1 is 1.21 bits per heavy atom. The van der Waals surface area contributed by atoms with E-state index in [4.69, 9.17) is 14.2 Å². The third kappa shape index (κ3) is 9.71. The fourth-order valence-electron chi connectivity index (χ4n) is 3.03. The average Bonchev–Trinajstić information content (AvgIpc) is 3.18. The van der Waals surface area contributed by atoms with Crippen LogP contribution >= 0.6 is 28.4 Å². The molecule has 0 saturated heterocycles. The second-order valence-electron chi connectivity index (χ2n) is 8.53. The predicted octanol–water partition coefficient (Wildman–Crippen LogP) is 4.19. The van der Waals surface area contributed by atoms with E-state index in [0.29, 0.717) is 44.5 Å². The standard InChI is InChI=1S/C22H32IN4O6P/c1-22(2,3)33-21(30)24-9-5-6-10-32-14-19(28)26-17-11-15(7-8-20(29)31-4)12-18-16(17)13-25-27(18)34-23/h11-13,34H,5-10,14H2,1-4H3,(H,24,30)(H,26,28). The molecular weight excluding hydrogens is 574 g/mol. The molecule has 1 aromatic carbocycles. The molecule has 0 aliphatic carbocycles. The first-order valence-electron chi connectivity index (χ1n) is 10.9. The fraction of sp³-hybridized carbons (Fsp3) is 0.545. The number of ether oxygens (including phenoxy) is 3. The van der Waals surface area contributed by atoms with Crippen molar-refractivity contribution < 1.29 is 28.6 Å². The molecule has 1 aromatic heterocycles. The zero-order valence-electron chi connectivity index (χ0n) is 19.9. The Kier molecular flexibility index (Phi) is 11.5. The summed E-state index contributed by atoms with van der Waals surface area (Å²) >= 11 is 2.24. The predicted molar refractivity (Wildman–Crippen MR) is 141 cm³/mol. The number of benzene rings is 1. The van der Waals surface area contributed by atoms with Crippen LogP contribution in [0.1, 0.15) is 45.6 Å². The molecular formula is C22H32IN4O6P. The summed E-state index contributed by atoms with van der Waals surface area (Å²) in [6.07, 6.45) is 3.83. The quantitative estimate of drug-likeness (QED) is 0.161. The van der Waals surface area contributed by atoms with Crippen molar-refractivity contribution >= 4 is 63.0 Å². The Morgan fingerprint density at radius 2 is 1.97 bits per heavy atom. The maximum Gasteiger partial charge on any atom is 0.407 e. The van der Waals surface area contributed by atoms with Gasteiger partial charge in [0, 0.05) is 25.0 Å². The molecule has 2 aromatic rings. The SMILES string of the molecule is COC(=O)CCc1cc(NC(=O)COCCCCNC(=O)OC(C)(C)C)c2cnn(PI)c2c1. The number of carbonyl (C=O) groups excluding carboxylic acids is 3. The Bertz CT molecular complexity index is 992. The van der Waals surface area contributed by atoms with Gasteiger partial charge >= 0.3 is 12.1 Å². The molecule has 0 saturated carbocycles. The minimum Gasteiger partial charge on any atom is -0.469 e. The summed E-state index contributed by atoms with van der Waals surface area (Å²) in [4.78, 5) is 35.6. The van der Waals surface area contributed by atoms with E-state index in [1.54, 1.807) is 6.20 Å². The minimum atomic E-state index is -0.526. The molecule has 0 bridgehead atoms. The number of alkyl carbamates (subject to hydrolysis) is 1. The molecule has 0 spiro atoms. The summed E-state index contributed by atoms with van der Waals surface area (Å²) in [6, 6.07) is 3.84. The number of aryl methyl sites for hydroxylation is 1. The molecule has 1 unspecified atom stereocenters. The Labute approximate surface area is 214 Å². The van der Waals surface area contributed by atoms with Crippen molar-refractivity contribution in [2.75, 3.05) is 32.2 Å². The average molecular weight is 606 g/mol. The molecule has 0 aliphatic rings. The summed E-state index contributed by atoms with van der Waals surface area (Å²) in [7, 11) is 1.36. The van der Waals surface area contributed by atoms with Crippen molar-refractivity contribution in [3.05, 3.63) is 23.9 Å². The van der Waals surface area contributed by atoms with Crippen molar-refractivity contribution in [3.63, 3.8) is 0 Å². The first-order valence-corrected chi connectivity index (χ1v) is 15.0. The van der Waals surface area contributed by atoms with Crippen LogP contribution in [0.3, 0.4) is 0 Å². The van der Waals surface area contributed by atoms with Gasteiger partial charge < -0.3 is 24.8 Å². The number of rotatable bonds is 12. The largest absolute Gasteiger partial charge is 0.469 e. The van der Waals surface area contributed by atoms with Gasteiger partial charge in [0.15, 0.2) is 0 Å². The molecule has 12 heteroatoms. The number of hydrogen-bond donors (Lipinski definition) is 2. The van der Waals surface area contributed by atoms with Crippen LogP contribution in [0.4, 0.5) is 10.5 Å². The molecule has 0 radical (unpaired) electrons. The number of aromatic nitrogens is 2. The molecule has 34 heavy (non-hydrogen) atoms. The summed E-state index contributed by atoms with van der Waals surface area (Å²) < 4.78 is 17.2. The fourth-order valence-corrected chi connectivity index (χ4v) is 4.56. The molecule has 0 fully saturated rings. The second-order valence-corrected chi connectivity index (χ2v) is 10.6. The number of carbonyl (C=O) groups is 3. The number of amides is 2. The highest BCUT2D eigenvalue weighted by Crippen LogP contribution is 2.33. The van der Waals surface area contributed by atoms with Crippen LogP contribution in [0, 0.1) is 0 Å². The van der Waals surface area contributed by atoms with Crippen LogP contribution in [0.15, 0.2) is 18.3 Å². The summed E-state index contributed by atoms with van der Waals surface area (Å²) in [6.45, 7) is 6.21. The summed E-state index contributed by atoms with van der Waals surface area (Å²) in [5.41, 5.74) is 1.91. The lowest BCUT2D eigenvalue weighted by Crippen LogP contribution is -2.33. The molecule has 2 amide bonds. The van der Waals surface area contributed by atoms with Gasteiger partial charge in [-0.1, -0.05) is 0 Å². The normalized spacial score (nSPS) is 11.7. The van der Waals surface area contributed by atoms with Crippen LogP contribution in [-0.4, -0.2) is 60.0 Å². The van der Waals surface area contributed by atoms with Crippen molar-refractivity contribution in [3.8, 4) is 0 Å². The Hall–Kier alpha value is -1.98. The smallest absolute Gasteiger partial charge is 0.407 e. The molecule has 10 nitrogen and oxygen atoms in total. The molecule has 2 N–H and O–H groups in total. The van der Waals surface area contributed by atoms with Gasteiger partial charge in [-0.2, -0.15) is 5.10 Å². The van der Waals surface area contributed by atoms with Crippen LogP contribution in [0.25, 0.3) is 10.9 Å². The number of fused-ring (bicyclic) bond motifs is 1. The third-order valence-corrected chi connectivity index (χ3v) is 6.45. The van der Waals surface area contributed by atoms with Gasteiger partial charge in [-0.3, -0.25) is 9.59 Å². The second kappa shape index (κ2) is 13.8. The highest BCUT2D eigenvalue weighted by Gasteiger charge is 2.16. The monoisotopic (exact) mass is 606 g/mol. The lowest BCUT2D eigenvalue weighted by Gasteiger charge is -2.19. The van der Waals surface area contributed by atoms with Gasteiger partial charge in [0.1, 0.15) is 12.2 Å². The van der Waals surface area contributed by atoms with E-state index in [1.807, 2.05) is 37.4 Å². The van der Waals surface area contributed by atoms with Gasteiger partial charge in [-0.15, -0.1) is 0 Å². The number of anilines is 1. The van der Waals surface area contributed by atoms with Gasteiger partial charge in [0.25, 0.3) is 0 Å². The van der Waals surface area contributed by atoms with E-state index in [-0.39, 0.29) is 24.9 Å². The topological polar surface area (TPSA) is 121 Å². The number of esters is 1. The highest BCUT2D eigenvalue weighted by atomic mass is 127. The maximum absolute atomic E-state index is 12.5.